The van der Waals surface area contributed by atoms with Gasteiger partial charge in [-0.2, -0.15) is 5.26 Å². The molecule has 1 fully saturated rings. The Balaban J connectivity index is 2.30. The highest BCUT2D eigenvalue weighted by molar-refractivity contribution is 5.82. The second-order valence-electron chi connectivity index (χ2n) is 4.85. The second kappa shape index (κ2) is 4.18. The second-order valence-corrected chi connectivity index (χ2v) is 4.85. The van der Waals surface area contributed by atoms with Crippen molar-refractivity contribution < 1.29 is 4.79 Å². The maximum absolute atomic E-state index is 11.4. The molecule has 1 saturated heterocycles. The predicted octanol–water partition coefficient (Wildman–Crippen LogP) is 0.237. The van der Waals surface area contributed by atoms with Crippen LogP contribution in [0.25, 0.3) is 0 Å². The summed E-state index contributed by atoms with van der Waals surface area (Å²) in [6, 6.07) is 3.66. The number of carbonyl (C=O) groups is 1. The number of primary amides is 1. The lowest BCUT2D eigenvalue weighted by Gasteiger charge is -2.22. The average Bonchev–Trinajstić information content (AvgIpc) is 2.73. The molecule has 0 radical (unpaired) electrons. The van der Waals surface area contributed by atoms with Crippen LogP contribution in [0, 0.1) is 16.7 Å². The van der Waals surface area contributed by atoms with Crippen LogP contribution < -0.4 is 16.4 Å². The number of aromatic nitrogens is 1. The Morgan fingerprint density at radius 1 is 1.67 bits per heavy atom. The number of nitrogens with two attached hydrogens (primary N) is 2. The number of nitrogen functional groups attached to an aromatic ring is 1. The monoisotopic (exact) mass is 245 g/mol. The van der Waals surface area contributed by atoms with Crippen LogP contribution in [0.2, 0.25) is 0 Å². The molecule has 1 atom stereocenters. The summed E-state index contributed by atoms with van der Waals surface area (Å²) in [5, 5.41) is 9.08. The Hall–Kier alpha value is -2.29. The molecular formula is C12H15N5O. The minimum Gasteiger partial charge on any atom is -0.397 e. The van der Waals surface area contributed by atoms with E-state index in [-0.39, 0.29) is 5.91 Å². The van der Waals surface area contributed by atoms with Crippen LogP contribution >= 0.6 is 0 Å². The molecule has 1 aliphatic heterocycles. The van der Waals surface area contributed by atoms with Crippen molar-refractivity contribution in [3.63, 3.8) is 0 Å². The van der Waals surface area contributed by atoms with E-state index in [0.29, 0.717) is 36.6 Å². The van der Waals surface area contributed by atoms with Gasteiger partial charge in [0.05, 0.1) is 22.9 Å². The number of nitrogens with zero attached hydrogens (tertiary/aromatic N) is 3. The highest BCUT2D eigenvalue weighted by atomic mass is 16.1. The van der Waals surface area contributed by atoms with Gasteiger partial charge in [-0.3, -0.25) is 4.79 Å². The summed E-state index contributed by atoms with van der Waals surface area (Å²) in [6.45, 7) is 2.97. The summed E-state index contributed by atoms with van der Waals surface area (Å²) in [7, 11) is 0. The SMILES string of the molecule is CC1(C(N)=O)CCN(c2ncc(N)cc2C#N)C1. The summed E-state index contributed by atoms with van der Waals surface area (Å²) < 4.78 is 0. The lowest BCUT2D eigenvalue weighted by molar-refractivity contribution is -0.125. The summed E-state index contributed by atoms with van der Waals surface area (Å²) in [5.74, 6) is 0.246. The number of amides is 1. The van der Waals surface area contributed by atoms with E-state index in [1.807, 2.05) is 11.8 Å². The van der Waals surface area contributed by atoms with Gasteiger partial charge in [0.25, 0.3) is 0 Å². The summed E-state index contributed by atoms with van der Waals surface area (Å²) in [6.07, 6.45) is 2.18. The van der Waals surface area contributed by atoms with Gasteiger partial charge >= 0.3 is 0 Å². The van der Waals surface area contributed by atoms with Crippen LogP contribution in [-0.2, 0) is 4.79 Å². The van der Waals surface area contributed by atoms with E-state index in [1.165, 1.54) is 6.20 Å². The van der Waals surface area contributed by atoms with E-state index in [4.69, 9.17) is 16.7 Å². The van der Waals surface area contributed by atoms with Gasteiger partial charge in [-0.1, -0.05) is 0 Å². The van der Waals surface area contributed by atoms with Crippen LogP contribution in [0.5, 0.6) is 0 Å². The van der Waals surface area contributed by atoms with Gasteiger partial charge in [0.15, 0.2) is 0 Å². The maximum atomic E-state index is 11.4. The Bertz CT molecular complexity index is 536. The molecule has 1 aliphatic rings. The molecule has 0 aliphatic carbocycles. The van der Waals surface area contributed by atoms with Crippen molar-refractivity contribution in [1.29, 1.82) is 5.26 Å². The smallest absolute Gasteiger partial charge is 0.225 e. The van der Waals surface area contributed by atoms with Gasteiger partial charge in [0, 0.05) is 13.1 Å². The van der Waals surface area contributed by atoms with Crippen molar-refractivity contribution in [2.24, 2.45) is 11.1 Å². The number of carbonyl (C=O) groups excluding carboxylic acids is 1. The third-order valence-corrected chi connectivity index (χ3v) is 3.38. The number of nitriles is 1. The first kappa shape index (κ1) is 12.2. The average molecular weight is 245 g/mol. The number of rotatable bonds is 2. The highest BCUT2D eigenvalue weighted by Crippen LogP contribution is 2.33. The molecule has 1 aromatic heterocycles. The lowest BCUT2D eigenvalue weighted by atomic mass is 9.89. The number of hydrogen-bond donors (Lipinski definition) is 2. The van der Waals surface area contributed by atoms with E-state index in [0.717, 1.165) is 0 Å². The zero-order chi connectivity index (χ0) is 13.3. The van der Waals surface area contributed by atoms with Crippen LogP contribution in [-0.4, -0.2) is 24.0 Å². The van der Waals surface area contributed by atoms with Gasteiger partial charge in [0.1, 0.15) is 11.9 Å². The normalized spacial score (nSPS) is 22.8. The minimum absolute atomic E-state index is 0.320. The molecule has 94 valence electrons. The van der Waals surface area contributed by atoms with E-state index < -0.39 is 5.41 Å². The molecular weight excluding hydrogens is 230 g/mol. The molecule has 1 aromatic rings. The first-order valence-electron chi connectivity index (χ1n) is 5.67. The van der Waals surface area contributed by atoms with Gasteiger partial charge < -0.3 is 16.4 Å². The van der Waals surface area contributed by atoms with Crippen molar-refractivity contribution >= 4 is 17.4 Å². The Morgan fingerprint density at radius 3 is 2.94 bits per heavy atom. The van der Waals surface area contributed by atoms with E-state index in [9.17, 15) is 4.79 Å². The van der Waals surface area contributed by atoms with Crippen LogP contribution in [0.15, 0.2) is 12.3 Å². The lowest BCUT2D eigenvalue weighted by Crippen LogP contribution is -2.37. The summed E-state index contributed by atoms with van der Waals surface area (Å²) >= 11 is 0. The third-order valence-electron chi connectivity index (χ3n) is 3.38. The Kier molecular flexibility index (Phi) is 2.83. The summed E-state index contributed by atoms with van der Waals surface area (Å²) in [4.78, 5) is 17.5. The van der Waals surface area contributed by atoms with Crippen molar-refractivity contribution in [2.45, 2.75) is 13.3 Å². The van der Waals surface area contributed by atoms with E-state index >= 15 is 0 Å². The molecule has 2 heterocycles. The van der Waals surface area contributed by atoms with Gasteiger partial charge in [0.2, 0.25) is 5.91 Å². The highest BCUT2D eigenvalue weighted by Gasteiger charge is 2.39. The van der Waals surface area contributed by atoms with Crippen molar-refractivity contribution in [2.75, 3.05) is 23.7 Å². The van der Waals surface area contributed by atoms with Crippen LogP contribution in [0.3, 0.4) is 0 Å². The Morgan fingerprint density at radius 2 is 2.39 bits per heavy atom. The molecule has 1 amide bonds. The van der Waals surface area contributed by atoms with Gasteiger partial charge in [-0.15, -0.1) is 0 Å². The van der Waals surface area contributed by atoms with Crippen LogP contribution in [0.1, 0.15) is 18.9 Å². The molecule has 0 bridgehead atoms. The molecule has 0 spiro atoms. The zero-order valence-corrected chi connectivity index (χ0v) is 10.2. The number of hydrogen-bond acceptors (Lipinski definition) is 5. The molecule has 1 unspecified atom stereocenters. The Labute approximate surface area is 105 Å². The molecule has 2 rings (SSSR count). The fraction of sp³-hybridized carbons (Fsp3) is 0.417. The predicted molar refractivity (Wildman–Crippen MR) is 67.5 cm³/mol. The third kappa shape index (κ3) is 1.95. The molecule has 6 heteroatoms. The molecule has 6 nitrogen and oxygen atoms in total. The summed E-state index contributed by atoms with van der Waals surface area (Å²) in [5.41, 5.74) is 11.3. The van der Waals surface area contributed by atoms with Crippen molar-refractivity contribution in [3.05, 3.63) is 17.8 Å². The number of pyridine rings is 1. The molecule has 0 saturated carbocycles. The van der Waals surface area contributed by atoms with Gasteiger partial charge in [-0.25, -0.2) is 4.98 Å². The fourth-order valence-corrected chi connectivity index (χ4v) is 2.15. The van der Waals surface area contributed by atoms with Crippen LogP contribution in [0.4, 0.5) is 11.5 Å². The molecule has 4 N–H and O–H groups in total. The first-order valence-corrected chi connectivity index (χ1v) is 5.67. The topological polar surface area (TPSA) is 109 Å². The maximum Gasteiger partial charge on any atom is 0.225 e. The van der Waals surface area contributed by atoms with Crippen molar-refractivity contribution in [3.8, 4) is 6.07 Å². The van der Waals surface area contributed by atoms with E-state index in [1.54, 1.807) is 6.07 Å². The number of anilines is 2. The molecule has 18 heavy (non-hydrogen) atoms. The largest absolute Gasteiger partial charge is 0.397 e. The standard InChI is InChI=1S/C12H15N5O/c1-12(11(15)18)2-3-17(7-12)10-8(5-13)4-9(14)6-16-10/h4,6H,2-3,7,14H2,1H3,(H2,15,18). The quantitative estimate of drug-likeness (QED) is 0.775. The van der Waals surface area contributed by atoms with Gasteiger partial charge in [-0.05, 0) is 19.4 Å². The minimum atomic E-state index is -0.560. The fourth-order valence-electron chi connectivity index (χ4n) is 2.15. The first-order chi connectivity index (χ1) is 8.46. The zero-order valence-electron chi connectivity index (χ0n) is 10.2. The molecule has 0 aromatic carbocycles. The van der Waals surface area contributed by atoms with E-state index in [2.05, 4.69) is 11.1 Å². The van der Waals surface area contributed by atoms with Crippen molar-refractivity contribution in [1.82, 2.24) is 4.98 Å².